The van der Waals surface area contributed by atoms with Crippen LogP contribution < -0.4 is 11.1 Å². The predicted octanol–water partition coefficient (Wildman–Crippen LogP) is 3.35. The molecular weight excluding hydrogens is 402 g/mol. The van der Waals surface area contributed by atoms with Gasteiger partial charge in [-0.1, -0.05) is 37.6 Å². The second kappa shape index (κ2) is 10.1. The molecule has 8 nitrogen and oxygen atoms in total. The van der Waals surface area contributed by atoms with Crippen LogP contribution >= 0.6 is 0 Å². The van der Waals surface area contributed by atoms with Gasteiger partial charge < -0.3 is 15.8 Å². The lowest BCUT2D eigenvalue weighted by atomic mass is 10.0. The van der Waals surface area contributed by atoms with Gasteiger partial charge in [0, 0.05) is 13.1 Å². The summed E-state index contributed by atoms with van der Waals surface area (Å²) in [6.45, 7) is 8.69. The van der Waals surface area contributed by atoms with E-state index in [1.165, 1.54) is 31.5 Å². The smallest absolute Gasteiger partial charge is 0.222 e. The number of hydrogen-bond donors (Lipinski definition) is 2. The number of carbonyl (C=O) groups is 1. The van der Waals surface area contributed by atoms with Gasteiger partial charge in [0.15, 0.2) is 0 Å². The molecule has 2 aliphatic rings. The van der Waals surface area contributed by atoms with Crippen molar-refractivity contribution >= 4 is 23.8 Å². The monoisotopic (exact) mass is 435 g/mol. The number of benzene rings is 1. The summed E-state index contributed by atoms with van der Waals surface area (Å²) in [5.74, 6) is 0.808. The molecule has 0 saturated carbocycles. The van der Waals surface area contributed by atoms with Gasteiger partial charge in [0.1, 0.15) is 18.1 Å². The molecule has 1 aromatic carbocycles. The standard InChI is InChI=1S/C24H33N7O/c1-3-4-11-26-23-21-20(16-32)31(29-17(2)22(21)27-24(25)28-23)15-19-9-7-18(8-10-19)14-30-12-5-6-13-30/h7-10,16,20H,3-6,11-15H2,1-2H3,(H3,25,26,27,28). The van der Waals surface area contributed by atoms with Crippen LogP contribution in [0.25, 0.3) is 0 Å². The first kappa shape index (κ1) is 22.2. The van der Waals surface area contributed by atoms with Crippen molar-refractivity contribution in [3.63, 3.8) is 0 Å². The molecule has 0 amide bonds. The summed E-state index contributed by atoms with van der Waals surface area (Å²) in [7, 11) is 0. The molecule has 3 heterocycles. The Morgan fingerprint density at radius 3 is 2.47 bits per heavy atom. The number of hydrazone groups is 1. The van der Waals surface area contributed by atoms with E-state index in [1.54, 1.807) is 0 Å². The van der Waals surface area contributed by atoms with E-state index in [-0.39, 0.29) is 5.95 Å². The average molecular weight is 436 g/mol. The molecule has 8 heteroatoms. The summed E-state index contributed by atoms with van der Waals surface area (Å²) in [6, 6.07) is 8.06. The van der Waals surface area contributed by atoms with Crippen LogP contribution in [0, 0.1) is 0 Å². The van der Waals surface area contributed by atoms with E-state index in [9.17, 15) is 4.79 Å². The molecule has 4 rings (SSSR count). The van der Waals surface area contributed by atoms with Crippen LogP contribution in [0.1, 0.15) is 68.0 Å². The van der Waals surface area contributed by atoms with Crippen LogP contribution in [0.2, 0.25) is 0 Å². The quantitative estimate of drug-likeness (QED) is 0.460. The average Bonchev–Trinajstić information content (AvgIpc) is 3.29. The van der Waals surface area contributed by atoms with Crippen molar-refractivity contribution in [2.24, 2.45) is 5.10 Å². The number of nitrogens with two attached hydrogens (primary N) is 1. The molecule has 0 spiro atoms. The number of anilines is 2. The first-order chi connectivity index (χ1) is 15.6. The Balaban J connectivity index is 1.55. The summed E-state index contributed by atoms with van der Waals surface area (Å²) >= 11 is 0. The van der Waals surface area contributed by atoms with Gasteiger partial charge in [-0.25, -0.2) is 4.98 Å². The zero-order valence-corrected chi connectivity index (χ0v) is 19.0. The molecule has 2 aromatic rings. The maximum absolute atomic E-state index is 12.2. The van der Waals surface area contributed by atoms with Gasteiger partial charge in [-0.05, 0) is 50.4 Å². The zero-order chi connectivity index (χ0) is 22.5. The Kier molecular flexibility index (Phi) is 6.99. The Bertz CT molecular complexity index is 967. The second-order valence-electron chi connectivity index (χ2n) is 8.64. The fourth-order valence-electron chi connectivity index (χ4n) is 4.42. The highest BCUT2D eigenvalue weighted by Gasteiger charge is 2.32. The number of rotatable bonds is 9. The Labute approximate surface area is 189 Å². The van der Waals surface area contributed by atoms with Crippen LogP contribution in [0.4, 0.5) is 11.8 Å². The molecule has 1 saturated heterocycles. The van der Waals surface area contributed by atoms with Gasteiger partial charge in [-0.3, -0.25) is 9.91 Å². The zero-order valence-electron chi connectivity index (χ0n) is 19.0. The fraction of sp³-hybridized carbons (Fsp3) is 0.500. The summed E-state index contributed by atoms with van der Waals surface area (Å²) < 4.78 is 0. The number of unbranched alkanes of at least 4 members (excludes halogenated alkanes) is 1. The lowest BCUT2D eigenvalue weighted by molar-refractivity contribution is -0.113. The minimum absolute atomic E-state index is 0.184. The number of nitrogen functional groups attached to an aromatic ring is 1. The van der Waals surface area contributed by atoms with Crippen LogP contribution in [0.15, 0.2) is 29.4 Å². The summed E-state index contributed by atoms with van der Waals surface area (Å²) in [6.07, 6.45) is 5.58. The van der Waals surface area contributed by atoms with E-state index < -0.39 is 6.04 Å². The molecule has 32 heavy (non-hydrogen) atoms. The molecule has 0 radical (unpaired) electrons. The van der Waals surface area contributed by atoms with Gasteiger partial charge >= 0.3 is 0 Å². The Morgan fingerprint density at radius 2 is 1.81 bits per heavy atom. The van der Waals surface area contributed by atoms with Crippen LogP contribution in [0.5, 0.6) is 0 Å². The van der Waals surface area contributed by atoms with E-state index in [1.807, 2.05) is 11.9 Å². The van der Waals surface area contributed by atoms with Crippen molar-refractivity contribution in [1.29, 1.82) is 0 Å². The van der Waals surface area contributed by atoms with Crippen molar-refractivity contribution < 1.29 is 4.79 Å². The lowest BCUT2D eigenvalue weighted by Gasteiger charge is -2.32. The topological polar surface area (TPSA) is 99.7 Å². The highest BCUT2D eigenvalue weighted by molar-refractivity contribution is 6.01. The molecule has 0 aliphatic carbocycles. The number of aromatic nitrogens is 2. The number of nitrogens with one attached hydrogen (secondary N) is 1. The molecule has 1 fully saturated rings. The van der Waals surface area contributed by atoms with E-state index in [0.29, 0.717) is 18.1 Å². The number of aldehydes is 1. The highest BCUT2D eigenvalue weighted by atomic mass is 16.1. The van der Waals surface area contributed by atoms with Gasteiger partial charge in [-0.2, -0.15) is 10.1 Å². The van der Waals surface area contributed by atoms with E-state index in [0.717, 1.165) is 49.1 Å². The van der Waals surface area contributed by atoms with E-state index in [2.05, 4.69) is 51.4 Å². The second-order valence-corrected chi connectivity index (χ2v) is 8.64. The maximum atomic E-state index is 12.2. The number of nitrogens with zero attached hydrogens (tertiary/aromatic N) is 5. The van der Waals surface area contributed by atoms with Crippen molar-refractivity contribution in [2.75, 3.05) is 30.7 Å². The molecule has 170 valence electrons. The summed E-state index contributed by atoms with van der Waals surface area (Å²) in [5.41, 5.74) is 10.5. The molecule has 0 bridgehead atoms. The molecule has 2 aliphatic heterocycles. The van der Waals surface area contributed by atoms with E-state index in [4.69, 9.17) is 10.8 Å². The number of fused-ring (bicyclic) bond motifs is 1. The van der Waals surface area contributed by atoms with E-state index >= 15 is 0 Å². The lowest BCUT2D eigenvalue weighted by Crippen LogP contribution is -2.33. The Morgan fingerprint density at radius 1 is 1.12 bits per heavy atom. The first-order valence-electron chi connectivity index (χ1n) is 11.6. The van der Waals surface area contributed by atoms with Gasteiger partial charge in [0.25, 0.3) is 0 Å². The normalized spacial score (nSPS) is 18.4. The molecule has 1 unspecified atom stereocenters. The molecule has 1 atom stereocenters. The third-order valence-corrected chi connectivity index (χ3v) is 6.13. The molecular formula is C24H33N7O. The molecule has 3 N–H and O–H groups in total. The SMILES string of the molecule is CCCCNc1nc(N)nc2c1C(C=O)N(Cc1ccc(CN3CCCC3)cc1)N=C2C. The van der Waals surface area contributed by atoms with Crippen LogP contribution in [-0.4, -0.2) is 51.5 Å². The van der Waals surface area contributed by atoms with Gasteiger partial charge in [0.05, 0.1) is 23.5 Å². The Hall–Kier alpha value is -3.00. The summed E-state index contributed by atoms with van der Waals surface area (Å²) in [4.78, 5) is 23.5. The number of likely N-dealkylation sites (tertiary alicyclic amines) is 1. The van der Waals surface area contributed by atoms with Crippen LogP contribution in [0.3, 0.4) is 0 Å². The van der Waals surface area contributed by atoms with Crippen molar-refractivity contribution in [3.05, 3.63) is 46.6 Å². The number of carbonyl (C=O) groups excluding carboxylic acids is 1. The highest BCUT2D eigenvalue weighted by Crippen LogP contribution is 2.34. The van der Waals surface area contributed by atoms with Crippen molar-refractivity contribution in [1.82, 2.24) is 19.9 Å². The predicted molar refractivity (Wildman–Crippen MR) is 127 cm³/mol. The first-order valence-corrected chi connectivity index (χ1v) is 11.6. The minimum atomic E-state index is -0.567. The third-order valence-electron chi connectivity index (χ3n) is 6.13. The van der Waals surface area contributed by atoms with Crippen molar-refractivity contribution in [2.45, 2.75) is 58.7 Å². The third kappa shape index (κ3) is 4.91. The largest absolute Gasteiger partial charge is 0.370 e. The van der Waals surface area contributed by atoms with Crippen molar-refractivity contribution in [3.8, 4) is 0 Å². The minimum Gasteiger partial charge on any atom is -0.370 e. The van der Waals surface area contributed by atoms with Gasteiger partial charge in [0.2, 0.25) is 5.95 Å². The number of hydrogen-bond acceptors (Lipinski definition) is 8. The summed E-state index contributed by atoms with van der Waals surface area (Å²) in [5, 5.41) is 9.87. The van der Waals surface area contributed by atoms with Gasteiger partial charge in [-0.15, -0.1) is 0 Å². The molecule has 1 aromatic heterocycles. The maximum Gasteiger partial charge on any atom is 0.222 e. The van der Waals surface area contributed by atoms with Crippen LogP contribution in [-0.2, 0) is 17.9 Å². The fourth-order valence-corrected chi connectivity index (χ4v) is 4.42.